The number of carbonyl (C=O) groups is 1. The number of thiophene rings is 1. The third kappa shape index (κ3) is 3.34. The number of amides is 1. The van der Waals surface area contributed by atoms with Gasteiger partial charge in [0.05, 0.1) is 16.8 Å². The summed E-state index contributed by atoms with van der Waals surface area (Å²) in [6.45, 7) is 10.0. The molecule has 6 nitrogen and oxygen atoms in total. The first-order chi connectivity index (χ1) is 14.3. The summed E-state index contributed by atoms with van der Waals surface area (Å²) < 4.78 is 2.05. The SMILES string of the molecule is Cc1ccc2cc(C)c3nnc(SCC(=O)Nc4sc(C)c(C)c4C#N)n3c2c1C. The standard InChI is InChI=1S/C22H21N5OS2/c1-11-6-7-16-8-12(2)20-25-26-22(27(20)19(16)13(11)3)29-10-18(28)24-21-17(9-23)14(4)15(5)30-21/h6-8H,10H2,1-5H3,(H,24,28). The van der Waals surface area contributed by atoms with Crippen LogP contribution in [0.3, 0.4) is 0 Å². The average molecular weight is 436 g/mol. The van der Waals surface area contributed by atoms with Crippen molar-refractivity contribution in [1.29, 1.82) is 5.26 Å². The Morgan fingerprint density at radius 1 is 1.17 bits per heavy atom. The second-order valence-electron chi connectivity index (χ2n) is 7.35. The zero-order chi connectivity index (χ0) is 21.6. The molecule has 0 unspecified atom stereocenters. The molecule has 1 amide bonds. The van der Waals surface area contributed by atoms with E-state index in [1.165, 1.54) is 34.2 Å². The average Bonchev–Trinajstić information content (AvgIpc) is 3.25. The van der Waals surface area contributed by atoms with Crippen LogP contribution in [0, 0.1) is 45.9 Å². The molecule has 4 aromatic rings. The molecule has 4 rings (SSSR count). The van der Waals surface area contributed by atoms with E-state index < -0.39 is 0 Å². The van der Waals surface area contributed by atoms with Gasteiger partial charge in [0.2, 0.25) is 5.91 Å². The number of carbonyl (C=O) groups excluding carboxylic acids is 1. The van der Waals surface area contributed by atoms with Crippen molar-refractivity contribution in [2.75, 3.05) is 11.1 Å². The Hall–Kier alpha value is -2.89. The van der Waals surface area contributed by atoms with Crippen LogP contribution in [-0.2, 0) is 4.79 Å². The molecule has 1 N–H and O–H groups in total. The second-order valence-corrected chi connectivity index (χ2v) is 9.52. The van der Waals surface area contributed by atoms with Gasteiger partial charge in [-0.2, -0.15) is 5.26 Å². The number of benzene rings is 1. The first-order valence-corrected chi connectivity index (χ1v) is 11.3. The predicted octanol–water partition coefficient (Wildman–Crippen LogP) is 5.09. The molecule has 0 fully saturated rings. The number of nitrogens with zero attached hydrogens (tertiary/aromatic N) is 4. The van der Waals surface area contributed by atoms with Gasteiger partial charge in [-0.05, 0) is 68.3 Å². The van der Waals surface area contributed by atoms with Gasteiger partial charge >= 0.3 is 0 Å². The summed E-state index contributed by atoms with van der Waals surface area (Å²) in [6, 6.07) is 8.53. The maximum Gasteiger partial charge on any atom is 0.235 e. The van der Waals surface area contributed by atoms with E-state index in [-0.39, 0.29) is 11.7 Å². The highest BCUT2D eigenvalue weighted by Crippen LogP contribution is 2.32. The lowest BCUT2D eigenvalue weighted by Crippen LogP contribution is -2.14. The summed E-state index contributed by atoms with van der Waals surface area (Å²) in [5, 5.41) is 23.4. The van der Waals surface area contributed by atoms with E-state index >= 15 is 0 Å². The summed E-state index contributed by atoms with van der Waals surface area (Å²) in [4.78, 5) is 13.6. The summed E-state index contributed by atoms with van der Waals surface area (Å²) in [5.41, 5.74) is 6.74. The van der Waals surface area contributed by atoms with Crippen LogP contribution in [0.25, 0.3) is 16.6 Å². The van der Waals surface area contributed by atoms with Crippen molar-refractivity contribution in [2.24, 2.45) is 0 Å². The van der Waals surface area contributed by atoms with Crippen molar-refractivity contribution in [3.63, 3.8) is 0 Å². The molecular weight excluding hydrogens is 414 g/mol. The van der Waals surface area contributed by atoms with Crippen LogP contribution in [0.2, 0.25) is 0 Å². The van der Waals surface area contributed by atoms with Crippen LogP contribution in [0.5, 0.6) is 0 Å². The second kappa shape index (κ2) is 7.74. The molecule has 3 heterocycles. The molecule has 152 valence electrons. The van der Waals surface area contributed by atoms with Gasteiger partial charge in [-0.1, -0.05) is 23.9 Å². The van der Waals surface area contributed by atoms with Crippen molar-refractivity contribution < 1.29 is 4.79 Å². The Bertz CT molecular complexity index is 1360. The maximum absolute atomic E-state index is 12.6. The van der Waals surface area contributed by atoms with Crippen molar-refractivity contribution in [1.82, 2.24) is 14.6 Å². The monoisotopic (exact) mass is 435 g/mol. The Balaban J connectivity index is 1.65. The van der Waals surface area contributed by atoms with Crippen LogP contribution in [0.4, 0.5) is 5.00 Å². The Kier molecular flexibility index (Phi) is 5.26. The molecule has 0 aliphatic heterocycles. The number of thioether (sulfide) groups is 1. The highest BCUT2D eigenvalue weighted by atomic mass is 32.2. The van der Waals surface area contributed by atoms with Gasteiger partial charge in [-0.15, -0.1) is 21.5 Å². The van der Waals surface area contributed by atoms with Gasteiger partial charge in [-0.3, -0.25) is 9.20 Å². The van der Waals surface area contributed by atoms with Crippen molar-refractivity contribution >= 4 is 50.6 Å². The number of rotatable bonds is 4. The maximum atomic E-state index is 12.6. The Morgan fingerprint density at radius 3 is 2.67 bits per heavy atom. The van der Waals surface area contributed by atoms with Gasteiger partial charge < -0.3 is 5.32 Å². The molecule has 0 saturated heterocycles. The lowest BCUT2D eigenvalue weighted by molar-refractivity contribution is -0.113. The number of fused-ring (bicyclic) bond motifs is 3. The van der Waals surface area contributed by atoms with E-state index in [2.05, 4.69) is 53.6 Å². The first-order valence-electron chi connectivity index (χ1n) is 9.49. The predicted molar refractivity (Wildman–Crippen MR) is 123 cm³/mol. The topological polar surface area (TPSA) is 83.1 Å². The third-order valence-electron chi connectivity index (χ3n) is 5.40. The molecule has 3 aromatic heterocycles. The minimum atomic E-state index is -0.167. The van der Waals surface area contributed by atoms with E-state index in [0.29, 0.717) is 15.7 Å². The fraction of sp³-hybridized carbons (Fsp3) is 0.273. The number of aromatic nitrogens is 3. The molecule has 0 atom stereocenters. The van der Waals surface area contributed by atoms with Gasteiger partial charge in [-0.25, -0.2) is 0 Å². The third-order valence-corrected chi connectivity index (χ3v) is 7.45. The summed E-state index contributed by atoms with van der Waals surface area (Å²) in [6.07, 6.45) is 0. The van der Waals surface area contributed by atoms with Crippen molar-refractivity contribution in [2.45, 2.75) is 39.8 Å². The van der Waals surface area contributed by atoms with Crippen molar-refractivity contribution in [3.8, 4) is 6.07 Å². The molecule has 30 heavy (non-hydrogen) atoms. The molecule has 0 bridgehead atoms. The van der Waals surface area contributed by atoms with Gasteiger partial charge in [0, 0.05) is 4.88 Å². The molecule has 1 aromatic carbocycles. The Labute approximate surface area is 182 Å². The minimum Gasteiger partial charge on any atom is -0.316 e. The molecule has 0 spiro atoms. The van der Waals surface area contributed by atoms with E-state index in [1.54, 1.807) is 0 Å². The van der Waals surface area contributed by atoms with E-state index in [1.807, 2.05) is 25.2 Å². The highest BCUT2D eigenvalue weighted by molar-refractivity contribution is 7.99. The summed E-state index contributed by atoms with van der Waals surface area (Å²) in [7, 11) is 0. The number of pyridine rings is 1. The van der Waals surface area contributed by atoms with Crippen LogP contribution in [0.1, 0.15) is 32.7 Å². The Morgan fingerprint density at radius 2 is 1.93 bits per heavy atom. The van der Waals surface area contributed by atoms with Crippen LogP contribution < -0.4 is 5.32 Å². The molecule has 0 saturated carbocycles. The lowest BCUT2D eigenvalue weighted by Gasteiger charge is -2.11. The number of anilines is 1. The zero-order valence-corrected chi connectivity index (χ0v) is 19.1. The summed E-state index contributed by atoms with van der Waals surface area (Å²) in [5.74, 6) is 0.0152. The molecule has 0 radical (unpaired) electrons. The lowest BCUT2D eigenvalue weighted by atomic mass is 10.0. The number of nitriles is 1. The largest absolute Gasteiger partial charge is 0.316 e. The molecule has 0 aliphatic rings. The quantitative estimate of drug-likeness (QED) is 0.452. The van der Waals surface area contributed by atoms with E-state index in [0.717, 1.165) is 32.6 Å². The first kappa shape index (κ1) is 20.4. The molecular formula is C22H21N5OS2. The van der Waals surface area contributed by atoms with Gasteiger partial charge in [0.15, 0.2) is 10.8 Å². The van der Waals surface area contributed by atoms with Crippen LogP contribution in [0.15, 0.2) is 23.4 Å². The van der Waals surface area contributed by atoms with Crippen LogP contribution >= 0.6 is 23.1 Å². The smallest absolute Gasteiger partial charge is 0.235 e. The zero-order valence-electron chi connectivity index (χ0n) is 17.5. The van der Waals surface area contributed by atoms with Crippen LogP contribution in [-0.4, -0.2) is 26.3 Å². The summed E-state index contributed by atoms with van der Waals surface area (Å²) >= 11 is 2.78. The fourth-order valence-electron chi connectivity index (χ4n) is 3.50. The number of hydrogen-bond donors (Lipinski definition) is 1. The van der Waals surface area contributed by atoms with Gasteiger partial charge in [0.25, 0.3) is 0 Å². The highest BCUT2D eigenvalue weighted by Gasteiger charge is 2.18. The number of hydrogen-bond acceptors (Lipinski definition) is 6. The number of nitrogens with one attached hydrogen (secondary N) is 1. The normalized spacial score (nSPS) is 11.2. The molecule has 0 aliphatic carbocycles. The molecule has 8 heteroatoms. The minimum absolute atomic E-state index is 0.167. The fourth-order valence-corrected chi connectivity index (χ4v) is 5.26. The van der Waals surface area contributed by atoms with E-state index in [4.69, 9.17) is 0 Å². The van der Waals surface area contributed by atoms with Gasteiger partial charge in [0.1, 0.15) is 11.1 Å². The van der Waals surface area contributed by atoms with E-state index in [9.17, 15) is 10.1 Å². The van der Waals surface area contributed by atoms with Crippen molar-refractivity contribution in [3.05, 3.63) is 50.9 Å². The number of aryl methyl sites for hydroxylation is 4.